The van der Waals surface area contributed by atoms with Gasteiger partial charge in [-0.05, 0) is 19.1 Å². The average molecular weight is 266 g/mol. The van der Waals surface area contributed by atoms with Crippen molar-refractivity contribution in [2.24, 2.45) is 0 Å². The van der Waals surface area contributed by atoms with Crippen molar-refractivity contribution in [3.8, 4) is 0 Å². The third-order valence-corrected chi connectivity index (χ3v) is 2.72. The van der Waals surface area contributed by atoms with Gasteiger partial charge in [0.1, 0.15) is 11.4 Å². The molecule has 2 aromatic rings. The van der Waals surface area contributed by atoms with Crippen LogP contribution in [0.25, 0.3) is 0 Å². The Kier molecular flexibility index (Phi) is 3.46. The van der Waals surface area contributed by atoms with Gasteiger partial charge in [0.15, 0.2) is 5.82 Å². The number of benzene rings is 1. The number of amides is 1. The second-order valence-electron chi connectivity index (χ2n) is 4.05. The molecule has 0 saturated heterocycles. The molecule has 1 heterocycles. The Balaban J connectivity index is 2.23. The van der Waals surface area contributed by atoms with Crippen molar-refractivity contribution in [3.63, 3.8) is 0 Å². The highest BCUT2D eigenvalue weighted by Gasteiger charge is 2.21. The fourth-order valence-corrected chi connectivity index (χ4v) is 1.63. The maximum absolute atomic E-state index is 13.7. The van der Waals surface area contributed by atoms with Crippen molar-refractivity contribution in [2.75, 3.05) is 5.73 Å². The molecular formula is C12H12F2N4O. The van der Waals surface area contributed by atoms with Crippen molar-refractivity contribution in [1.29, 1.82) is 0 Å². The molecule has 0 bridgehead atoms. The molecule has 0 aliphatic carbocycles. The first kappa shape index (κ1) is 13.0. The molecule has 7 heteroatoms. The van der Waals surface area contributed by atoms with Crippen LogP contribution in [0.3, 0.4) is 0 Å². The number of hydrogen-bond acceptors (Lipinski definition) is 3. The smallest absolute Gasteiger partial charge is 0.257 e. The standard InChI is InChI=1S/C12H12F2N4O/c1-6(7-4-16-17-5-7)18-12(19)10-8(13)2-3-9(15)11(10)14/h2-6H,15H2,1H3,(H,16,17)(H,18,19). The van der Waals surface area contributed by atoms with Gasteiger partial charge in [-0.3, -0.25) is 9.89 Å². The van der Waals surface area contributed by atoms with Crippen LogP contribution < -0.4 is 11.1 Å². The highest BCUT2D eigenvalue weighted by Crippen LogP contribution is 2.19. The molecule has 4 N–H and O–H groups in total. The number of halogens is 2. The quantitative estimate of drug-likeness (QED) is 0.740. The Hall–Kier alpha value is -2.44. The molecule has 19 heavy (non-hydrogen) atoms. The van der Waals surface area contributed by atoms with E-state index in [1.54, 1.807) is 13.1 Å². The Morgan fingerprint density at radius 3 is 2.84 bits per heavy atom. The van der Waals surface area contributed by atoms with Gasteiger partial charge in [0.2, 0.25) is 0 Å². The van der Waals surface area contributed by atoms with Crippen molar-refractivity contribution in [1.82, 2.24) is 15.5 Å². The Labute approximate surface area is 107 Å². The first-order chi connectivity index (χ1) is 9.00. The highest BCUT2D eigenvalue weighted by molar-refractivity contribution is 5.95. The minimum absolute atomic E-state index is 0.275. The van der Waals surface area contributed by atoms with Gasteiger partial charge < -0.3 is 11.1 Å². The molecule has 5 nitrogen and oxygen atoms in total. The number of nitrogen functional groups attached to an aromatic ring is 1. The Morgan fingerprint density at radius 2 is 2.21 bits per heavy atom. The normalized spacial score (nSPS) is 12.2. The van der Waals surface area contributed by atoms with E-state index in [4.69, 9.17) is 5.73 Å². The summed E-state index contributed by atoms with van der Waals surface area (Å²) in [7, 11) is 0. The van der Waals surface area contributed by atoms with Gasteiger partial charge in [0.25, 0.3) is 5.91 Å². The molecule has 1 unspecified atom stereocenters. The Bertz CT molecular complexity index is 598. The molecule has 0 spiro atoms. The third-order valence-electron chi connectivity index (χ3n) is 2.72. The fraction of sp³-hybridized carbons (Fsp3) is 0.167. The van der Waals surface area contributed by atoms with Crippen molar-refractivity contribution in [2.45, 2.75) is 13.0 Å². The van der Waals surface area contributed by atoms with Crippen LogP contribution in [-0.4, -0.2) is 16.1 Å². The van der Waals surface area contributed by atoms with Gasteiger partial charge in [-0.2, -0.15) is 5.10 Å². The van der Waals surface area contributed by atoms with Crippen LogP contribution in [0.4, 0.5) is 14.5 Å². The summed E-state index contributed by atoms with van der Waals surface area (Å²) in [5, 5.41) is 8.79. The monoisotopic (exact) mass is 266 g/mol. The fourth-order valence-electron chi connectivity index (χ4n) is 1.63. The van der Waals surface area contributed by atoms with E-state index < -0.39 is 29.1 Å². The molecule has 0 radical (unpaired) electrons. The number of aromatic amines is 1. The summed E-state index contributed by atoms with van der Waals surface area (Å²) in [5.74, 6) is -2.88. The van der Waals surface area contributed by atoms with E-state index in [2.05, 4.69) is 15.5 Å². The zero-order chi connectivity index (χ0) is 14.0. The van der Waals surface area contributed by atoms with E-state index in [-0.39, 0.29) is 5.69 Å². The number of carbonyl (C=O) groups excluding carboxylic acids is 1. The zero-order valence-corrected chi connectivity index (χ0v) is 10.1. The molecular weight excluding hydrogens is 254 g/mol. The maximum Gasteiger partial charge on any atom is 0.257 e. The molecule has 0 fully saturated rings. The van der Waals surface area contributed by atoms with Crippen LogP contribution in [0.1, 0.15) is 28.9 Å². The first-order valence-corrected chi connectivity index (χ1v) is 5.53. The van der Waals surface area contributed by atoms with Gasteiger partial charge in [-0.15, -0.1) is 0 Å². The second-order valence-corrected chi connectivity index (χ2v) is 4.05. The summed E-state index contributed by atoms with van der Waals surface area (Å²) in [5.41, 5.74) is 5.05. The molecule has 0 saturated carbocycles. The number of anilines is 1. The van der Waals surface area contributed by atoms with Crippen LogP contribution in [0, 0.1) is 11.6 Å². The van der Waals surface area contributed by atoms with E-state index in [1.165, 1.54) is 6.20 Å². The van der Waals surface area contributed by atoms with Crippen LogP contribution >= 0.6 is 0 Å². The minimum atomic E-state index is -1.06. The van der Waals surface area contributed by atoms with E-state index in [9.17, 15) is 13.6 Å². The number of nitrogens with zero attached hydrogens (tertiary/aromatic N) is 1. The predicted molar refractivity (Wildman–Crippen MR) is 65.2 cm³/mol. The Morgan fingerprint density at radius 1 is 1.47 bits per heavy atom. The summed E-state index contributed by atoms with van der Waals surface area (Å²) in [6.07, 6.45) is 3.09. The number of nitrogens with two attached hydrogens (primary N) is 1. The first-order valence-electron chi connectivity index (χ1n) is 5.53. The molecule has 1 amide bonds. The largest absolute Gasteiger partial charge is 0.396 e. The lowest BCUT2D eigenvalue weighted by Gasteiger charge is -2.13. The second kappa shape index (κ2) is 5.05. The van der Waals surface area contributed by atoms with Crippen LogP contribution in [0.2, 0.25) is 0 Å². The zero-order valence-electron chi connectivity index (χ0n) is 10.1. The SMILES string of the molecule is CC(NC(=O)c1c(F)ccc(N)c1F)c1cn[nH]c1. The molecule has 100 valence electrons. The highest BCUT2D eigenvalue weighted by atomic mass is 19.1. The van der Waals surface area contributed by atoms with Crippen molar-refractivity contribution in [3.05, 3.63) is 47.3 Å². The van der Waals surface area contributed by atoms with Gasteiger partial charge in [-0.25, -0.2) is 8.78 Å². The van der Waals surface area contributed by atoms with E-state index in [1.807, 2.05) is 0 Å². The van der Waals surface area contributed by atoms with Gasteiger partial charge >= 0.3 is 0 Å². The van der Waals surface area contributed by atoms with E-state index in [0.717, 1.165) is 12.1 Å². The predicted octanol–water partition coefficient (Wildman–Crippen LogP) is 1.76. The molecule has 2 rings (SSSR count). The summed E-state index contributed by atoms with van der Waals surface area (Å²) in [4.78, 5) is 11.9. The molecule has 0 aliphatic rings. The minimum Gasteiger partial charge on any atom is -0.396 e. The number of rotatable bonds is 3. The van der Waals surface area contributed by atoms with E-state index >= 15 is 0 Å². The lowest BCUT2D eigenvalue weighted by atomic mass is 10.1. The van der Waals surface area contributed by atoms with Gasteiger partial charge in [0, 0.05) is 11.8 Å². The summed E-state index contributed by atoms with van der Waals surface area (Å²) >= 11 is 0. The van der Waals surface area contributed by atoms with E-state index in [0.29, 0.717) is 5.56 Å². The lowest BCUT2D eigenvalue weighted by Crippen LogP contribution is -2.28. The molecule has 1 aromatic carbocycles. The lowest BCUT2D eigenvalue weighted by molar-refractivity contribution is 0.0931. The third kappa shape index (κ3) is 2.54. The number of aromatic nitrogens is 2. The van der Waals surface area contributed by atoms with Crippen molar-refractivity contribution >= 4 is 11.6 Å². The van der Waals surface area contributed by atoms with Crippen LogP contribution in [0.15, 0.2) is 24.5 Å². The molecule has 0 aliphatic heterocycles. The van der Waals surface area contributed by atoms with Crippen LogP contribution in [-0.2, 0) is 0 Å². The average Bonchev–Trinajstić information content (AvgIpc) is 2.88. The topological polar surface area (TPSA) is 83.8 Å². The molecule has 1 aromatic heterocycles. The maximum atomic E-state index is 13.7. The number of hydrogen-bond donors (Lipinski definition) is 3. The molecule has 1 atom stereocenters. The summed E-state index contributed by atoms with van der Waals surface area (Å²) < 4.78 is 27.2. The van der Waals surface area contributed by atoms with Crippen molar-refractivity contribution < 1.29 is 13.6 Å². The van der Waals surface area contributed by atoms with Crippen LogP contribution in [0.5, 0.6) is 0 Å². The van der Waals surface area contributed by atoms with Gasteiger partial charge in [-0.1, -0.05) is 0 Å². The number of H-pyrrole nitrogens is 1. The number of nitrogens with one attached hydrogen (secondary N) is 2. The van der Waals surface area contributed by atoms with Gasteiger partial charge in [0.05, 0.1) is 17.9 Å². The summed E-state index contributed by atoms with van der Waals surface area (Å²) in [6.45, 7) is 1.67. The number of carbonyl (C=O) groups is 1. The summed E-state index contributed by atoms with van der Waals surface area (Å²) in [6, 6.07) is 1.59.